The summed E-state index contributed by atoms with van der Waals surface area (Å²) in [6.45, 7) is 4.91. The SMILES string of the molecule is C=CCNC(=O)c1cccc(C(=O)Nc2ccc3c(c2)OCCO3)c1. The van der Waals surface area contributed by atoms with E-state index in [2.05, 4.69) is 17.2 Å². The van der Waals surface area contributed by atoms with E-state index in [-0.39, 0.29) is 11.8 Å². The van der Waals surface area contributed by atoms with Gasteiger partial charge in [-0.1, -0.05) is 12.1 Å². The Balaban J connectivity index is 1.73. The molecule has 0 spiro atoms. The van der Waals surface area contributed by atoms with Gasteiger partial charge in [-0.25, -0.2) is 0 Å². The number of ether oxygens (including phenoxy) is 2. The topological polar surface area (TPSA) is 76.7 Å². The number of carbonyl (C=O) groups excluding carboxylic acids is 2. The number of hydrogen-bond acceptors (Lipinski definition) is 4. The molecular weight excluding hydrogens is 320 g/mol. The van der Waals surface area contributed by atoms with Gasteiger partial charge in [0.1, 0.15) is 13.2 Å². The van der Waals surface area contributed by atoms with Crippen LogP contribution < -0.4 is 20.1 Å². The van der Waals surface area contributed by atoms with Crippen LogP contribution in [0, 0.1) is 0 Å². The third-order valence-corrected chi connectivity index (χ3v) is 3.59. The van der Waals surface area contributed by atoms with Gasteiger partial charge in [-0.2, -0.15) is 0 Å². The molecule has 2 N–H and O–H groups in total. The minimum atomic E-state index is -0.310. The van der Waals surface area contributed by atoms with Crippen LogP contribution in [0.2, 0.25) is 0 Å². The summed E-state index contributed by atoms with van der Waals surface area (Å²) in [5.74, 6) is 0.690. The lowest BCUT2D eigenvalue weighted by molar-refractivity contribution is 0.0958. The van der Waals surface area contributed by atoms with Gasteiger partial charge >= 0.3 is 0 Å². The van der Waals surface area contributed by atoms with Crippen molar-refractivity contribution in [1.29, 1.82) is 0 Å². The monoisotopic (exact) mass is 338 g/mol. The molecule has 0 bridgehead atoms. The first-order valence-corrected chi connectivity index (χ1v) is 7.87. The first-order valence-electron chi connectivity index (χ1n) is 7.87. The smallest absolute Gasteiger partial charge is 0.255 e. The van der Waals surface area contributed by atoms with E-state index in [1.165, 1.54) is 0 Å². The Morgan fingerprint density at radius 1 is 1.00 bits per heavy atom. The molecule has 128 valence electrons. The summed E-state index contributed by atoms with van der Waals surface area (Å²) < 4.78 is 11.0. The predicted molar refractivity (Wildman–Crippen MR) is 94.4 cm³/mol. The minimum Gasteiger partial charge on any atom is -0.486 e. The maximum atomic E-state index is 12.4. The Hall–Kier alpha value is -3.28. The summed E-state index contributed by atoms with van der Waals surface area (Å²) >= 11 is 0. The van der Waals surface area contributed by atoms with Crippen molar-refractivity contribution in [1.82, 2.24) is 5.32 Å². The average molecular weight is 338 g/mol. The van der Waals surface area contributed by atoms with Crippen LogP contribution in [0.3, 0.4) is 0 Å². The van der Waals surface area contributed by atoms with Gasteiger partial charge in [0, 0.05) is 29.4 Å². The zero-order valence-electron chi connectivity index (χ0n) is 13.6. The van der Waals surface area contributed by atoms with Gasteiger partial charge in [0.05, 0.1) is 0 Å². The van der Waals surface area contributed by atoms with E-state index in [1.54, 1.807) is 48.5 Å². The Bertz CT molecular complexity index is 817. The summed E-state index contributed by atoms with van der Waals surface area (Å²) in [6, 6.07) is 11.7. The molecule has 25 heavy (non-hydrogen) atoms. The molecule has 1 aliphatic heterocycles. The van der Waals surface area contributed by atoms with Gasteiger partial charge in [-0.15, -0.1) is 6.58 Å². The number of carbonyl (C=O) groups is 2. The molecule has 0 atom stereocenters. The van der Waals surface area contributed by atoms with E-state index in [9.17, 15) is 9.59 Å². The molecule has 1 heterocycles. The number of anilines is 1. The molecule has 0 fully saturated rings. The second-order valence-corrected chi connectivity index (χ2v) is 5.39. The molecule has 6 nitrogen and oxygen atoms in total. The van der Waals surface area contributed by atoms with Crippen LogP contribution in [0.25, 0.3) is 0 Å². The highest BCUT2D eigenvalue weighted by Crippen LogP contribution is 2.32. The van der Waals surface area contributed by atoms with E-state index in [0.29, 0.717) is 48.1 Å². The highest BCUT2D eigenvalue weighted by Gasteiger charge is 2.14. The van der Waals surface area contributed by atoms with Gasteiger partial charge in [0.25, 0.3) is 11.8 Å². The van der Waals surface area contributed by atoms with Gasteiger partial charge in [-0.3, -0.25) is 9.59 Å². The average Bonchev–Trinajstić information content (AvgIpc) is 2.66. The Labute approximate surface area is 145 Å². The number of amides is 2. The molecule has 2 amide bonds. The fourth-order valence-electron chi connectivity index (χ4n) is 2.39. The van der Waals surface area contributed by atoms with Crippen molar-refractivity contribution in [2.75, 3.05) is 25.1 Å². The van der Waals surface area contributed by atoms with E-state index in [1.807, 2.05) is 0 Å². The number of nitrogens with one attached hydrogen (secondary N) is 2. The normalized spacial score (nSPS) is 12.2. The second-order valence-electron chi connectivity index (χ2n) is 5.39. The molecular formula is C19H18N2O4. The summed E-state index contributed by atoms with van der Waals surface area (Å²) in [7, 11) is 0. The Morgan fingerprint density at radius 3 is 2.48 bits per heavy atom. The molecule has 0 saturated heterocycles. The van der Waals surface area contributed by atoms with E-state index < -0.39 is 0 Å². The quantitative estimate of drug-likeness (QED) is 0.822. The lowest BCUT2D eigenvalue weighted by Gasteiger charge is -2.19. The van der Waals surface area contributed by atoms with Gasteiger partial charge in [0.15, 0.2) is 11.5 Å². The maximum absolute atomic E-state index is 12.4. The van der Waals surface area contributed by atoms with Crippen molar-refractivity contribution in [2.24, 2.45) is 0 Å². The molecule has 0 unspecified atom stereocenters. The first kappa shape index (κ1) is 16.6. The lowest BCUT2D eigenvalue weighted by atomic mass is 10.1. The second kappa shape index (κ2) is 7.53. The van der Waals surface area contributed by atoms with Crippen LogP contribution in [0.15, 0.2) is 55.1 Å². The standard InChI is InChI=1S/C19H18N2O4/c1-2-8-20-18(22)13-4-3-5-14(11-13)19(23)21-15-6-7-16-17(12-15)25-10-9-24-16/h2-7,11-12H,1,8-10H2,(H,20,22)(H,21,23). The van der Waals surface area contributed by atoms with Gasteiger partial charge in [0.2, 0.25) is 0 Å². The number of benzene rings is 2. The maximum Gasteiger partial charge on any atom is 0.255 e. The number of rotatable bonds is 5. The van der Waals surface area contributed by atoms with E-state index >= 15 is 0 Å². The van der Waals surface area contributed by atoms with Crippen molar-refractivity contribution in [2.45, 2.75) is 0 Å². The molecule has 6 heteroatoms. The fraction of sp³-hybridized carbons (Fsp3) is 0.158. The zero-order valence-corrected chi connectivity index (χ0v) is 13.6. The van der Waals surface area contributed by atoms with E-state index in [0.717, 1.165) is 0 Å². The minimum absolute atomic E-state index is 0.256. The van der Waals surface area contributed by atoms with Crippen LogP contribution in [0.4, 0.5) is 5.69 Å². The molecule has 0 aromatic heterocycles. The summed E-state index contributed by atoms with van der Waals surface area (Å²) in [5.41, 5.74) is 1.40. The summed E-state index contributed by atoms with van der Waals surface area (Å²) in [5, 5.41) is 5.47. The van der Waals surface area contributed by atoms with Crippen LogP contribution in [0.1, 0.15) is 20.7 Å². The van der Waals surface area contributed by atoms with Gasteiger partial charge in [-0.05, 0) is 30.3 Å². The van der Waals surface area contributed by atoms with Gasteiger partial charge < -0.3 is 20.1 Å². The van der Waals surface area contributed by atoms with Crippen molar-refractivity contribution < 1.29 is 19.1 Å². The molecule has 0 saturated carbocycles. The van der Waals surface area contributed by atoms with Crippen molar-refractivity contribution in [3.05, 3.63) is 66.2 Å². The van der Waals surface area contributed by atoms with Crippen molar-refractivity contribution in [3.8, 4) is 11.5 Å². The van der Waals surface area contributed by atoms with E-state index in [4.69, 9.17) is 9.47 Å². The van der Waals surface area contributed by atoms with Crippen LogP contribution in [0.5, 0.6) is 11.5 Å². The predicted octanol–water partition coefficient (Wildman–Crippen LogP) is 2.63. The Morgan fingerprint density at radius 2 is 1.72 bits per heavy atom. The molecule has 1 aliphatic rings. The lowest BCUT2D eigenvalue weighted by Crippen LogP contribution is -2.23. The molecule has 2 aromatic carbocycles. The third kappa shape index (κ3) is 3.98. The Kier molecular flexibility index (Phi) is 4.99. The number of fused-ring (bicyclic) bond motifs is 1. The fourth-order valence-corrected chi connectivity index (χ4v) is 2.39. The molecule has 3 rings (SSSR count). The largest absolute Gasteiger partial charge is 0.486 e. The van der Waals surface area contributed by atoms with Crippen molar-refractivity contribution in [3.63, 3.8) is 0 Å². The third-order valence-electron chi connectivity index (χ3n) is 3.59. The van der Waals surface area contributed by atoms with Crippen LogP contribution >= 0.6 is 0 Å². The summed E-state index contributed by atoms with van der Waals surface area (Å²) in [6.07, 6.45) is 1.59. The zero-order chi connectivity index (χ0) is 17.6. The molecule has 0 aliphatic carbocycles. The molecule has 0 radical (unpaired) electrons. The molecule has 2 aromatic rings. The van der Waals surface area contributed by atoms with Crippen LogP contribution in [-0.2, 0) is 0 Å². The van der Waals surface area contributed by atoms with Crippen LogP contribution in [-0.4, -0.2) is 31.6 Å². The highest BCUT2D eigenvalue weighted by molar-refractivity contribution is 6.06. The number of hydrogen-bond donors (Lipinski definition) is 2. The van der Waals surface area contributed by atoms with Crippen molar-refractivity contribution >= 4 is 17.5 Å². The first-order chi connectivity index (χ1) is 12.2. The highest BCUT2D eigenvalue weighted by atomic mass is 16.6. The summed E-state index contributed by atoms with van der Waals surface area (Å²) in [4.78, 5) is 24.4.